The van der Waals surface area contributed by atoms with Crippen LogP contribution in [0.5, 0.6) is 0 Å². The van der Waals surface area contributed by atoms with Gasteiger partial charge in [0.05, 0.1) is 25.7 Å². The Hall–Kier alpha value is -2.42. The van der Waals surface area contributed by atoms with Crippen LogP contribution < -0.4 is 0 Å². The summed E-state index contributed by atoms with van der Waals surface area (Å²) in [4.78, 5) is 17.2. The lowest BCUT2D eigenvalue weighted by atomic mass is 10.0. The van der Waals surface area contributed by atoms with E-state index in [2.05, 4.69) is 11.0 Å². The maximum atomic E-state index is 13.1. The van der Waals surface area contributed by atoms with Gasteiger partial charge in [0.25, 0.3) is 5.91 Å². The Labute approximate surface area is 148 Å². The van der Waals surface area contributed by atoms with Crippen molar-refractivity contribution in [1.29, 1.82) is 5.26 Å². The molecule has 0 radical (unpaired) electrons. The van der Waals surface area contributed by atoms with Crippen molar-refractivity contribution in [3.63, 3.8) is 0 Å². The Bertz CT molecular complexity index is 758. The zero-order valence-electron chi connectivity index (χ0n) is 14.4. The van der Waals surface area contributed by atoms with Crippen molar-refractivity contribution < 1.29 is 9.53 Å². The van der Waals surface area contributed by atoms with Crippen LogP contribution in [0.25, 0.3) is 10.8 Å². The van der Waals surface area contributed by atoms with Gasteiger partial charge in [-0.05, 0) is 16.8 Å². The molecule has 0 aliphatic carbocycles. The van der Waals surface area contributed by atoms with Gasteiger partial charge >= 0.3 is 0 Å². The first-order valence-electron chi connectivity index (χ1n) is 8.73. The minimum Gasteiger partial charge on any atom is -0.379 e. The first kappa shape index (κ1) is 17.4. The fourth-order valence-corrected chi connectivity index (χ4v) is 3.17. The Balaban J connectivity index is 1.76. The molecule has 2 aromatic carbocycles. The first-order valence-corrected chi connectivity index (χ1v) is 8.73. The van der Waals surface area contributed by atoms with Crippen LogP contribution in [0.3, 0.4) is 0 Å². The summed E-state index contributed by atoms with van der Waals surface area (Å²) in [5.74, 6) is 0.000287. The molecule has 3 rings (SSSR count). The number of fused-ring (bicyclic) bond motifs is 1. The maximum absolute atomic E-state index is 13.1. The molecule has 1 fully saturated rings. The maximum Gasteiger partial charge on any atom is 0.254 e. The smallest absolute Gasteiger partial charge is 0.254 e. The molecule has 0 bridgehead atoms. The van der Waals surface area contributed by atoms with Gasteiger partial charge in [-0.1, -0.05) is 36.4 Å². The summed E-state index contributed by atoms with van der Waals surface area (Å²) in [6.45, 7) is 5.19. The highest BCUT2D eigenvalue weighted by Gasteiger charge is 2.19. The van der Waals surface area contributed by atoms with Gasteiger partial charge in [0.1, 0.15) is 0 Å². The van der Waals surface area contributed by atoms with E-state index in [1.165, 1.54) is 0 Å². The normalized spacial score (nSPS) is 15.0. The summed E-state index contributed by atoms with van der Waals surface area (Å²) < 4.78 is 5.37. The number of carbonyl (C=O) groups is 1. The molecule has 1 heterocycles. The largest absolute Gasteiger partial charge is 0.379 e. The Morgan fingerprint density at radius 2 is 1.88 bits per heavy atom. The molecule has 5 nitrogen and oxygen atoms in total. The number of benzene rings is 2. The van der Waals surface area contributed by atoms with E-state index < -0.39 is 0 Å². The van der Waals surface area contributed by atoms with Crippen LogP contribution >= 0.6 is 0 Å². The highest BCUT2D eigenvalue weighted by Crippen LogP contribution is 2.20. The average molecular weight is 337 g/mol. The monoisotopic (exact) mass is 337 g/mol. The van der Waals surface area contributed by atoms with Crippen LogP contribution in [-0.4, -0.2) is 61.6 Å². The standard InChI is InChI=1S/C20H23N3O2/c21-9-4-10-23(12-11-22-13-15-25-16-14-22)20(24)19-8-3-6-17-5-1-2-7-18(17)19/h1-3,5-8H,4,10-16H2. The van der Waals surface area contributed by atoms with Gasteiger partial charge in [-0.15, -0.1) is 0 Å². The molecule has 25 heavy (non-hydrogen) atoms. The second-order valence-corrected chi connectivity index (χ2v) is 6.18. The number of hydrogen-bond donors (Lipinski definition) is 0. The van der Waals surface area contributed by atoms with Crippen LogP contribution in [0.4, 0.5) is 0 Å². The van der Waals surface area contributed by atoms with Gasteiger partial charge in [-0.2, -0.15) is 5.26 Å². The number of carbonyl (C=O) groups excluding carboxylic acids is 1. The third-order valence-corrected chi connectivity index (χ3v) is 4.59. The lowest BCUT2D eigenvalue weighted by molar-refractivity contribution is 0.0326. The van der Waals surface area contributed by atoms with Gasteiger partial charge in [-0.25, -0.2) is 0 Å². The van der Waals surface area contributed by atoms with Crippen molar-refractivity contribution in [2.24, 2.45) is 0 Å². The van der Waals surface area contributed by atoms with Crippen LogP contribution in [0, 0.1) is 11.3 Å². The highest BCUT2D eigenvalue weighted by molar-refractivity contribution is 6.07. The van der Waals surface area contributed by atoms with E-state index in [0.717, 1.165) is 43.6 Å². The molecule has 0 aromatic heterocycles. The molecule has 0 atom stereocenters. The predicted octanol–water partition coefficient (Wildman–Crippen LogP) is 2.53. The van der Waals surface area contributed by atoms with Crippen molar-refractivity contribution >= 4 is 16.7 Å². The molecule has 1 aliphatic rings. The number of nitriles is 1. The lowest BCUT2D eigenvalue weighted by Crippen LogP contribution is -2.43. The number of morpholine rings is 1. The minimum absolute atomic E-state index is 0.000287. The van der Waals surface area contributed by atoms with E-state index in [9.17, 15) is 4.79 Å². The van der Waals surface area contributed by atoms with E-state index in [4.69, 9.17) is 10.00 Å². The molecule has 130 valence electrons. The van der Waals surface area contributed by atoms with Crippen LogP contribution in [0.15, 0.2) is 42.5 Å². The summed E-state index contributed by atoms with van der Waals surface area (Å²) in [5.41, 5.74) is 0.706. The van der Waals surface area contributed by atoms with E-state index in [1.54, 1.807) is 4.90 Å². The number of amides is 1. The zero-order valence-corrected chi connectivity index (χ0v) is 14.4. The summed E-state index contributed by atoms with van der Waals surface area (Å²) in [5, 5.41) is 11.0. The van der Waals surface area contributed by atoms with Crippen LogP contribution in [-0.2, 0) is 4.74 Å². The third-order valence-electron chi connectivity index (χ3n) is 4.59. The number of ether oxygens (including phenoxy) is 1. The highest BCUT2D eigenvalue weighted by atomic mass is 16.5. The fraction of sp³-hybridized carbons (Fsp3) is 0.400. The number of hydrogen-bond acceptors (Lipinski definition) is 4. The molecular formula is C20H23N3O2. The second kappa shape index (κ2) is 8.61. The summed E-state index contributed by atoms with van der Waals surface area (Å²) in [6.07, 6.45) is 0.347. The Kier molecular flexibility index (Phi) is 5.99. The molecule has 0 N–H and O–H groups in total. The topological polar surface area (TPSA) is 56.6 Å². The Morgan fingerprint density at radius 1 is 1.12 bits per heavy atom. The third kappa shape index (κ3) is 4.36. The number of rotatable bonds is 6. The molecule has 0 saturated carbocycles. The molecule has 0 unspecified atom stereocenters. The molecule has 1 saturated heterocycles. The second-order valence-electron chi connectivity index (χ2n) is 6.18. The van der Waals surface area contributed by atoms with Crippen LogP contribution in [0.1, 0.15) is 16.8 Å². The SMILES string of the molecule is N#CCCN(CCN1CCOCC1)C(=O)c1cccc2ccccc12. The van der Waals surface area contributed by atoms with Crippen molar-refractivity contribution in [3.8, 4) is 6.07 Å². The summed E-state index contributed by atoms with van der Waals surface area (Å²) >= 11 is 0. The van der Waals surface area contributed by atoms with Crippen LogP contribution in [0.2, 0.25) is 0 Å². The van der Waals surface area contributed by atoms with Crippen molar-refractivity contribution in [3.05, 3.63) is 48.0 Å². The molecule has 5 heteroatoms. The van der Waals surface area contributed by atoms with Crippen molar-refractivity contribution in [2.45, 2.75) is 6.42 Å². The van der Waals surface area contributed by atoms with E-state index in [0.29, 0.717) is 25.1 Å². The summed E-state index contributed by atoms with van der Waals surface area (Å²) in [6, 6.07) is 15.9. The van der Waals surface area contributed by atoms with E-state index in [1.807, 2.05) is 42.5 Å². The molecule has 0 spiro atoms. The molecule has 2 aromatic rings. The minimum atomic E-state index is 0.000287. The van der Waals surface area contributed by atoms with E-state index >= 15 is 0 Å². The first-order chi connectivity index (χ1) is 12.3. The molecule has 1 aliphatic heterocycles. The number of nitrogens with zero attached hydrogens (tertiary/aromatic N) is 3. The average Bonchev–Trinajstić information content (AvgIpc) is 2.68. The quantitative estimate of drug-likeness (QED) is 0.813. The Morgan fingerprint density at radius 3 is 2.68 bits per heavy atom. The zero-order chi connectivity index (χ0) is 17.5. The van der Waals surface area contributed by atoms with Gasteiger partial charge in [0, 0.05) is 38.3 Å². The lowest BCUT2D eigenvalue weighted by Gasteiger charge is -2.30. The van der Waals surface area contributed by atoms with Gasteiger partial charge < -0.3 is 9.64 Å². The molecule has 1 amide bonds. The van der Waals surface area contributed by atoms with Gasteiger partial charge in [0.2, 0.25) is 0 Å². The van der Waals surface area contributed by atoms with Crippen molar-refractivity contribution in [2.75, 3.05) is 45.9 Å². The summed E-state index contributed by atoms with van der Waals surface area (Å²) in [7, 11) is 0. The van der Waals surface area contributed by atoms with Crippen molar-refractivity contribution in [1.82, 2.24) is 9.80 Å². The van der Waals surface area contributed by atoms with E-state index in [-0.39, 0.29) is 5.91 Å². The molecular weight excluding hydrogens is 314 g/mol. The van der Waals surface area contributed by atoms with Gasteiger partial charge in [-0.3, -0.25) is 9.69 Å². The van der Waals surface area contributed by atoms with Gasteiger partial charge in [0.15, 0.2) is 0 Å². The predicted molar refractivity (Wildman–Crippen MR) is 97.3 cm³/mol. The fourth-order valence-electron chi connectivity index (χ4n) is 3.17.